The molecule has 0 spiro atoms. The molecule has 3 nitrogen and oxygen atoms in total. The first kappa shape index (κ1) is 13.6. The maximum absolute atomic E-state index is 12.3. The summed E-state index contributed by atoms with van der Waals surface area (Å²) in [5, 5.41) is 0. The van der Waals surface area contributed by atoms with Gasteiger partial charge in [0.25, 0.3) is 0 Å². The highest BCUT2D eigenvalue weighted by molar-refractivity contribution is 5.75. The molecule has 108 valence electrons. The van der Waals surface area contributed by atoms with Gasteiger partial charge < -0.3 is 4.74 Å². The summed E-state index contributed by atoms with van der Waals surface area (Å²) < 4.78 is 5.10. The van der Waals surface area contributed by atoms with Crippen molar-refractivity contribution in [3.8, 4) is 0 Å². The number of ether oxygens (including phenoxy) is 1. The fourth-order valence-electron chi connectivity index (χ4n) is 4.08. The Morgan fingerprint density at radius 2 is 1.95 bits per heavy atom. The summed E-state index contributed by atoms with van der Waals surface area (Å²) >= 11 is 0. The monoisotopic (exact) mass is 273 g/mol. The van der Waals surface area contributed by atoms with Gasteiger partial charge >= 0.3 is 5.97 Å². The van der Waals surface area contributed by atoms with Crippen LogP contribution in [0.4, 0.5) is 0 Å². The zero-order valence-corrected chi connectivity index (χ0v) is 12.5. The molecule has 2 fully saturated rings. The van der Waals surface area contributed by atoms with Gasteiger partial charge in [-0.1, -0.05) is 29.8 Å². The Morgan fingerprint density at radius 3 is 2.60 bits per heavy atom. The third kappa shape index (κ3) is 2.14. The molecule has 2 aliphatic heterocycles. The van der Waals surface area contributed by atoms with E-state index in [-0.39, 0.29) is 11.9 Å². The van der Waals surface area contributed by atoms with Gasteiger partial charge in [0, 0.05) is 18.0 Å². The molecule has 2 aliphatic rings. The summed E-state index contributed by atoms with van der Waals surface area (Å²) in [6.45, 7) is 2.10. The van der Waals surface area contributed by atoms with Crippen LogP contribution in [0.2, 0.25) is 0 Å². The van der Waals surface area contributed by atoms with Crippen LogP contribution in [0.15, 0.2) is 24.3 Å². The molecule has 3 unspecified atom stereocenters. The van der Waals surface area contributed by atoms with E-state index in [2.05, 4.69) is 43.1 Å². The van der Waals surface area contributed by atoms with Gasteiger partial charge in [-0.25, -0.2) is 0 Å². The lowest BCUT2D eigenvalue weighted by atomic mass is 9.76. The van der Waals surface area contributed by atoms with Crippen LogP contribution in [0.25, 0.3) is 0 Å². The third-order valence-corrected chi connectivity index (χ3v) is 5.25. The summed E-state index contributed by atoms with van der Waals surface area (Å²) in [7, 11) is 3.67. The molecule has 1 aromatic rings. The molecule has 2 bridgehead atoms. The SMILES string of the molecule is COC(=O)C1C2CCC(C[C@@H]1c1ccc(C)cc1)N2C. The summed E-state index contributed by atoms with van der Waals surface area (Å²) in [5.41, 5.74) is 2.55. The highest BCUT2D eigenvalue weighted by atomic mass is 16.5. The van der Waals surface area contributed by atoms with Gasteiger partial charge in [-0.05, 0) is 38.8 Å². The van der Waals surface area contributed by atoms with Crippen molar-refractivity contribution in [1.29, 1.82) is 0 Å². The maximum Gasteiger partial charge on any atom is 0.310 e. The normalized spacial score (nSPS) is 33.1. The van der Waals surface area contributed by atoms with Crippen LogP contribution in [0.1, 0.15) is 36.3 Å². The first-order valence-electron chi connectivity index (χ1n) is 7.48. The quantitative estimate of drug-likeness (QED) is 0.776. The van der Waals surface area contributed by atoms with Crippen molar-refractivity contribution in [2.45, 2.75) is 44.2 Å². The van der Waals surface area contributed by atoms with Crippen molar-refractivity contribution in [2.24, 2.45) is 5.92 Å². The molecule has 0 amide bonds. The van der Waals surface area contributed by atoms with Crippen molar-refractivity contribution in [3.63, 3.8) is 0 Å². The number of piperidine rings is 1. The molecule has 4 atom stereocenters. The Labute approximate surface area is 120 Å². The summed E-state index contributed by atoms with van der Waals surface area (Å²) in [6.07, 6.45) is 3.39. The average Bonchev–Trinajstić information content (AvgIpc) is 2.70. The molecule has 1 aromatic carbocycles. The van der Waals surface area contributed by atoms with Crippen LogP contribution >= 0.6 is 0 Å². The smallest absolute Gasteiger partial charge is 0.310 e. The minimum atomic E-state index is -0.0484. The van der Waals surface area contributed by atoms with Gasteiger partial charge in [0.15, 0.2) is 0 Å². The van der Waals surface area contributed by atoms with Crippen molar-refractivity contribution >= 4 is 5.97 Å². The zero-order chi connectivity index (χ0) is 14.3. The number of rotatable bonds is 2. The Balaban J connectivity index is 1.95. The van der Waals surface area contributed by atoms with Gasteiger partial charge in [0.1, 0.15) is 0 Å². The van der Waals surface area contributed by atoms with Gasteiger partial charge in [-0.2, -0.15) is 0 Å². The fourth-order valence-corrected chi connectivity index (χ4v) is 4.08. The molecule has 3 heteroatoms. The molecule has 2 heterocycles. The van der Waals surface area contributed by atoms with Crippen LogP contribution in [-0.4, -0.2) is 37.1 Å². The third-order valence-electron chi connectivity index (χ3n) is 5.25. The Bertz CT molecular complexity index is 496. The second kappa shape index (κ2) is 5.21. The van der Waals surface area contributed by atoms with Gasteiger partial charge in [-0.3, -0.25) is 9.69 Å². The number of fused-ring (bicyclic) bond motifs is 2. The van der Waals surface area contributed by atoms with E-state index in [9.17, 15) is 4.79 Å². The molecule has 3 rings (SSSR count). The van der Waals surface area contributed by atoms with E-state index in [1.54, 1.807) is 0 Å². The van der Waals surface area contributed by atoms with Crippen LogP contribution in [0.5, 0.6) is 0 Å². The van der Waals surface area contributed by atoms with Gasteiger partial charge in [-0.15, -0.1) is 0 Å². The molecule has 2 saturated heterocycles. The molecule has 0 N–H and O–H groups in total. The van der Waals surface area contributed by atoms with E-state index >= 15 is 0 Å². The van der Waals surface area contributed by atoms with Crippen LogP contribution in [0.3, 0.4) is 0 Å². The van der Waals surface area contributed by atoms with E-state index < -0.39 is 0 Å². The Hall–Kier alpha value is -1.35. The number of esters is 1. The number of carbonyl (C=O) groups is 1. The van der Waals surface area contributed by atoms with E-state index in [0.29, 0.717) is 18.0 Å². The van der Waals surface area contributed by atoms with Crippen LogP contribution in [-0.2, 0) is 9.53 Å². The minimum absolute atomic E-state index is 0.0218. The molecule has 20 heavy (non-hydrogen) atoms. The first-order chi connectivity index (χ1) is 9.61. The standard InChI is InChI=1S/C17H23NO2/c1-11-4-6-12(7-5-11)14-10-13-8-9-15(18(13)2)16(14)17(19)20-3/h4-7,13-16H,8-10H2,1-3H3/t13?,14-,15?,16?/m1/s1. The lowest BCUT2D eigenvalue weighted by Crippen LogP contribution is -2.49. The van der Waals surface area contributed by atoms with Crippen molar-refractivity contribution in [2.75, 3.05) is 14.2 Å². The van der Waals surface area contributed by atoms with E-state index in [1.165, 1.54) is 24.7 Å². The van der Waals surface area contributed by atoms with E-state index in [0.717, 1.165) is 12.8 Å². The van der Waals surface area contributed by atoms with E-state index in [4.69, 9.17) is 4.74 Å². The van der Waals surface area contributed by atoms with Gasteiger partial charge in [0.05, 0.1) is 13.0 Å². The molecular formula is C17H23NO2. The topological polar surface area (TPSA) is 29.5 Å². The predicted octanol–water partition coefficient (Wildman–Crippen LogP) is 2.73. The summed E-state index contributed by atoms with van der Waals surface area (Å²) in [4.78, 5) is 14.7. The van der Waals surface area contributed by atoms with Gasteiger partial charge in [0.2, 0.25) is 0 Å². The lowest BCUT2D eigenvalue weighted by molar-refractivity contribution is -0.150. The van der Waals surface area contributed by atoms with Crippen molar-refractivity contribution in [3.05, 3.63) is 35.4 Å². The van der Waals surface area contributed by atoms with Crippen LogP contribution < -0.4 is 0 Å². The summed E-state index contributed by atoms with van der Waals surface area (Å²) in [6, 6.07) is 9.61. The fraction of sp³-hybridized carbons (Fsp3) is 0.588. The second-order valence-electron chi connectivity index (χ2n) is 6.27. The number of nitrogens with zero attached hydrogens (tertiary/aromatic N) is 1. The number of methoxy groups -OCH3 is 1. The molecule has 0 aromatic heterocycles. The zero-order valence-electron chi connectivity index (χ0n) is 12.5. The number of hydrogen-bond acceptors (Lipinski definition) is 3. The van der Waals surface area contributed by atoms with E-state index in [1.807, 2.05) is 0 Å². The highest BCUT2D eigenvalue weighted by Gasteiger charge is 2.49. The molecule has 0 saturated carbocycles. The first-order valence-corrected chi connectivity index (χ1v) is 7.48. The highest BCUT2D eigenvalue weighted by Crippen LogP contribution is 2.46. The largest absolute Gasteiger partial charge is 0.469 e. The Morgan fingerprint density at radius 1 is 1.25 bits per heavy atom. The number of benzene rings is 1. The van der Waals surface area contributed by atoms with Crippen molar-refractivity contribution < 1.29 is 9.53 Å². The predicted molar refractivity (Wildman–Crippen MR) is 78.6 cm³/mol. The minimum Gasteiger partial charge on any atom is -0.469 e. The molecule has 0 radical (unpaired) electrons. The number of aryl methyl sites for hydroxylation is 1. The Kier molecular flexibility index (Phi) is 3.55. The molecular weight excluding hydrogens is 250 g/mol. The number of hydrogen-bond donors (Lipinski definition) is 0. The summed E-state index contributed by atoms with van der Waals surface area (Å²) in [5.74, 6) is 0.232. The molecule has 0 aliphatic carbocycles. The number of carbonyl (C=O) groups excluding carboxylic acids is 1. The maximum atomic E-state index is 12.3. The average molecular weight is 273 g/mol. The second-order valence-corrected chi connectivity index (χ2v) is 6.27. The lowest BCUT2D eigenvalue weighted by Gasteiger charge is -2.41. The van der Waals surface area contributed by atoms with Crippen molar-refractivity contribution in [1.82, 2.24) is 4.90 Å². The van der Waals surface area contributed by atoms with Crippen LogP contribution in [0, 0.1) is 12.8 Å².